The summed E-state index contributed by atoms with van der Waals surface area (Å²) in [5, 5.41) is 59.0. The van der Waals surface area contributed by atoms with Crippen LogP contribution in [0.4, 0.5) is 0 Å². The zero-order chi connectivity index (χ0) is 60.9. The molecule has 1 saturated heterocycles. The first-order valence-electron chi connectivity index (χ1n) is 27.5. The van der Waals surface area contributed by atoms with Crippen LogP contribution in [0.5, 0.6) is 5.75 Å². The first-order chi connectivity index (χ1) is 39.5. The summed E-state index contributed by atoms with van der Waals surface area (Å²) >= 11 is 0. The number of nitrogens with two attached hydrogens (primary N) is 3. The quantitative estimate of drug-likeness (QED) is 0.0215. The van der Waals surface area contributed by atoms with Crippen molar-refractivity contribution >= 4 is 70.0 Å². The maximum atomic E-state index is 14.6. The molecule has 5 rings (SSSR count). The molecule has 0 bridgehead atoms. The number of aromatic hydroxyl groups is 1. The minimum absolute atomic E-state index is 0.00479. The van der Waals surface area contributed by atoms with E-state index in [9.17, 15) is 68.4 Å². The van der Waals surface area contributed by atoms with Crippen molar-refractivity contribution in [1.82, 2.24) is 57.1 Å². The second-order valence-corrected chi connectivity index (χ2v) is 21.0. The van der Waals surface area contributed by atoms with Crippen molar-refractivity contribution in [3.8, 4) is 5.75 Å². The lowest BCUT2D eigenvalue weighted by molar-refractivity contribution is -0.145. The van der Waals surface area contributed by atoms with E-state index in [2.05, 4.69) is 52.2 Å². The number of carboxylic acids is 1. The fraction of sp³-hybridized carbons (Fsp3) is 0.509. The van der Waals surface area contributed by atoms with Gasteiger partial charge in [-0.15, -0.1) is 0 Å². The number of aliphatic hydroxyl groups excluding tert-OH is 2. The van der Waals surface area contributed by atoms with Gasteiger partial charge in [0, 0.05) is 61.2 Å². The number of H-pyrrole nitrogens is 2. The number of para-hydroxylation sites is 1. The zero-order valence-electron chi connectivity index (χ0n) is 46.6. The fourth-order valence-electron chi connectivity index (χ4n) is 9.52. The van der Waals surface area contributed by atoms with Crippen molar-refractivity contribution in [2.45, 2.75) is 152 Å². The van der Waals surface area contributed by atoms with Gasteiger partial charge in [-0.3, -0.25) is 43.2 Å². The van der Waals surface area contributed by atoms with Gasteiger partial charge in [0.25, 0.3) is 0 Å². The second-order valence-electron chi connectivity index (χ2n) is 21.0. The molecule has 0 aliphatic carbocycles. The summed E-state index contributed by atoms with van der Waals surface area (Å²) in [5.41, 5.74) is 19.6. The highest BCUT2D eigenvalue weighted by molar-refractivity contribution is 5.99. The molecule has 2 aromatic heterocycles. The number of nitrogens with one attached hydrogen (secondary N) is 9. The third-order valence-corrected chi connectivity index (χ3v) is 14.0. The number of amides is 9. The Kier molecular flexibility index (Phi) is 24.9. The van der Waals surface area contributed by atoms with E-state index >= 15 is 0 Å². The number of imidazole rings is 1. The summed E-state index contributed by atoms with van der Waals surface area (Å²) in [6.07, 6.45) is 3.21. The Labute approximate surface area is 478 Å². The van der Waals surface area contributed by atoms with E-state index in [-0.39, 0.29) is 76.1 Å². The molecule has 0 radical (unpaired) electrons. The largest absolute Gasteiger partial charge is 0.508 e. The molecule has 1 aliphatic heterocycles. The molecule has 0 saturated carbocycles. The number of phenolic OH excluding ortho intramolecular Hbond substituents is 1. The molecule has 19 N–H and O–H groups in total. The van der Waals surface area contributed by atoms with Crippen LogP contribution in [0.15, 0.2) is 67.3 Å². The van der Waals surface area contributed by atoms with Gasteiger partial charge in [-0.1, -0.05) is 44.2 Å². The second kappa shape index (κ2) is 31.7. The Balaban J connectivity index is 1.33. The standard InChI is InChI=1S/C55H78N14O14/c1-29(2)21-42(54(81)69-20-8-12-44(69)53(80)65-41(51(78)68-46(30(3)71)55(82)83)23-32-25-60-37-10-5-4-9-35(32)37)66-48(75)38(11-6-7-19-56)63-52(79)43(27-70)67-50(77)40(22-31-13-15-34(72)16-14-31)64-49(76)39(17-18-45(58)73)62-47(74)36(57)24-33-26-59-28-61-33/h4-5,9-10,13-16,25-26,28-30,36,38-44,46,60,70-72H,6-8,11-12,17-24,27,56-57H2,1-3H3,(H2,58,73)(H,59,61)(H,62,74)(H,63,79)(H,64,76)(H,65,80)(H,66,75)(H,67,77)(H,68,78)(H,82,83)/t30-,36+,38+,39+,40+,41+,42+,43+,44+,46+/m1/s1. The van der Waals surface area contributed by atoms with E-state index in [4.69, 9.17) is 17.2 Å². The topological polar surface area (TPSA) is 462 Å². The summed E-state index contributed by atoms with van der Waals surface area (Å²) in [4.78, 5) is 148. The van der Waals surface area contributed by atoms with Gasteiger partial charge in [0.1, 0.15) is 48.0 Å². The molecule has 10 atom stereocenters. The van der Waals surface area contributed by atoms with Gasteiger partial charge >= 0.3 is 5.97 Å². The van der Waals surface area contributed by atoms with Crippen molar-refractivity contribution < 1.29 is 68.4 Å². The van der Waals surface area contributed by atoms with Gasteiger partial charge in [0.2, 0.25) is 53.2 Å². The number of aromatic nitrogens is 3. The van der Waals surface area contributed by atoms with Crippen LogP contribution < -0.4 is 54.4 Å². The molecule has 4 aromatic rings. The molecule has 452 valence electrons. The van der Waals surface area contributed by atoms with Gasteiger partial charge in [0.15, 0.2) is 6.04 Å². The molecule has 0 spiro atoms. The van der Waals surface area contributed by atoms with E-state index in [1.807, 2.05) is 6.07 Å². The predicted octanol–water partition coefficient (Wildman–Crippen LogP) is -2.77. The molecule has 2 aromatic carbocycles. The van der Waals surface area contributed by atoms with Crippen LogP contribution in [0.2, 0.25) is 0 Å². The monoisotopic (exact) mass is 1160 g/mol. The minimum atomic E-state index is -1.75. The van der Waals surface area contributed by atoms with Crippen molar-refractivity contribution in [2.24, 2.45) is 23.1 Å². The molecule has 28 nitrogen and oxygen atoms in total. The molecule has 3 heterocycles. The first kappa shape index (κ1) is 65.3. The average Bonchev–Trinajstić information content (AvgIpc) is 4.40. The number of hydrogen-bond acceptors (Lipinski definition) is 16. The number of aliphatic hydroxyl groups is 2. The Bertz CT molecular complexity index is 2860. The minimum Gasteiger partial charge on any atom is -0.508 e. The number of fused-ring (bicyclic) bond motifs is 1. The summed E-state index contributed by atoms with van der Waals surface area (Å²) in [6, 6.07) is -0.0238. The highest BCUT2D eigenvalue weighted by Crippen LogP contribution is 2.23. The van der Waals surface area contributed by atoms with E-state index < -0.39 is 126 Å². The number of carbonyl (C=O) groups excluding carboxylic acids is 9. The van der Waals surface area contributed by atoms with E-state index in [1.165, 1.54) is 48.6 Å². The van der Waals surface area contributed by atoms with E-state index in [1.54, 1.807) is 38.2 Å². The maximum absolute atomic E-state index is 14.6. The first-order valence-corrected chi connectivity index (χ1v) is 27.5. The number of aromatic amines is 2. The molecular weight excluding hydrogens is 1080 g/mol. The number of carbonyl (C=O) groups is 10. The Morgan fingerprint density at radius 2 is 1.33 bits per heavy atom. The van der Waals surface area contributed by atoms with Crippen LogP contribution >= 0.6 is 0 Å². The molecule has 9 amide bonds. The average molecular weight is 1160 g/mol. The predicted molar refractivity (Wildman–Crippen MR) is 300 cm³/mol. The molecule has 0 unspecified atom stereocenters. The van der Waals surface area contributed by atoms with Gasteiger partial charge in [-0.05, 0) is 93.7 Å². The highest BCUT2D eigenvalue weighted by Gasteiger charge is 2.41. The zero-order valence-corrected chi connectivity index (χ0v) is 46.6. The summed E-state index contributed by atoms with van der Waals surface area (Å²) < 4.78 is 0. The van der Waals surface area contributed by atoms with Crippen molar-refractivity contribution in [1.29, 1.82) is 0 Å². The summed E-state index contributed by atoms with van der Waals surface area (Å²) in [6.45, 7) is 4.07. The van der Waals surface area contributed by atoms with E-state index in [0.29, 0.717) is 36.1 Å². The lowest BCUT2D eigenvalue weighted by Gasteiger charge is -2.31. The number of likely N-dealkylation sites (tertiary alicyclic amines) is 1. The Morgan fingerprint density at radius 1 is 0.723 bits per heavy atom. The van der Waals surface area contributed by atoms with E-state index in [0.717, 1.165) is 10.9 Å². The van der Waals surface area contributed by atoms with Crippen LogP contribution in [0, 0.1) is 5.92 Å². The molecular formula is C55H78N14O14. The molecule has 1 fully saturated rings. The normalized spacial score (nSPS) is 16.4. The van der Waals surface area contributed by atoms with Crippen LogP contribution in [0.1, 0.15) is 89.0 Å². The summed E-state index contributed by atoms with van der Waals surface area (Å²) in [7, 11) is 0. The summed E-state index contributed by atoms with van der Waals surface area (Å²) in [5.74, 6) is -9.53. The van der Waals surface area contributed by atoms with Crippen LogP contribution in [-0.4, -0.2) is 180 Å². The number of unbranched alkanes of at least 4 members (excludes halogenated alkanes) is 1. The number of nitrogens with zero attached hydrogens (tertiary/aromatic N) is 2. The third kappa shape index (κ3) is 19.6. The number of aliphatic carboxylic acids is 1. The van der Waals surface area contributed by atoms with Crippen LogP contribution in [0.3, 0.4) is 0 Å². The van der Waals surface area contributed by atoms with Gasteiger partial charge in [0.05, 0.1) is 25.1 Å². The third-order valence-electron chi connectivity index (χ3n) is 14.0. The Hall–Kier alpha value is -8.47. The number of primary amides is 1. The van der Waals surface area contributed by atoms with Gasteiger partial charge in [-0.25, -0.2) is 9.78 Å². The lowest BCUT2D eigenvalue weighted by Crippen LogP contribution is -2.61. The van der Waals surface area contributed by atoms with Crippen molar-refractivity contribution in [2.75, 3.05) is 19.7 Å². The smallest absolute Gasteiger partial charge is 0.328 e. The van der Waals surface area contributed by atoms with Crippen molar-refractivity contribution in [3.05, 3.63) is 84.1 Å². The molecule has 28 heteroatoms. The maximum Gasteiger partial charge on any atom is 0.328 e. The number of benzene rings is 2. The van der Waals surface area contributed by atoms with Gasteiger partial charge in [-0.2, -0.15) is 0 Å². The van der Waals surface area contributed by atoms with Crippen LogP contribution in [0.25, 0.3) is 10.9 Å². The molecule has 83 heavy (non-hydrogen) atoms. The number of rotatable bonds is 33. The number of hydrogen-bond donors (Lipinski definition) is 16. The highest BCUT2D eigenvalue weighted by atomic mass is 16.4. The van der Waals surface area contributed by atoms with Crippen molar-refractivity contribution in [3.63, 3.8) is 0 Å². The number of carboxylic acid groups (broad SMARTS) is 1. The Morgan fingerprint density at radius 3 is 1.95 bits per heavy atom. The fourth-order valence-corrected chi connectivity index (χ4v) is 9.52. The SMILES string of the molecule is CC(C)C[C@H](NC(=O)[C@H](CCCCN)NC(=O)[C@H](CO)NC(=O)[C@H](Cc1ccc(O)cc1)NC(=O)[C@H](CCC(N)=O)NC(=O)[C@@H](N)Cc1cnc[nH]1)C(=O)N1CCC[C@H]1C(=O)N[C@@H](Cc1c[nH]c2ccccc12)C(=O)N[C@H](C(=O)O)[C@@H](C)O. The van der Waals surface area contributed by atoms with Crippen LogP contribution in [-0.2, 0) is 67.2 Å². The number of phenols is 1. The molecule has 1 aliphatic rings. The lowest BCUT2D eigenvalue weighted by atomic mass is 10.0. The van der Waals surface area contributed by atoms with Gasteiger partial charge < -0.3 is 89.7 Å².